The SMILES string of the molecule is Nc1ccc2nc(-c3cc(F)c(F)c(F)c3)sc2c1. The molecule has 0 aliphatic carbocycles. The molecule has 0 amide bonds. The van der Waals surface area contributed by atoms with Crippen molar-refractivity contribution in [2.45, 2.75) is 0 Å². The van der Waals surface area contributed by atoms with Crippen LogP contribution in [0.2, 0.25) is 0 Å². The minimum Gasteiger partial charge on any atom is -0.399 e. The summed E-state index contributed by atoms with van der Waals surface area (Å²) in [6.45, 7) is 0. The smallest absolute Gasteiger partial charge is 0.194 e. The molecule has 19 heavy (non-hydrogen) atoms. The van der Waals surface area contributed by atoms with E-state index in [2.05, 4.69) is 4.98 Å². The van der Waals surface area contributed by atoms with Crippen LogP contribution in [0.3, 0.4) is 0 Å². The van der Waals surface area contributed by atoms with Crippen LogP contribution in [0.5, 0.6) is 0 Å². The van der Waals surface area contributed by atoms with Gasteiger partial charge in [-0.15, -0.1) is 11.3 Å². The first kappa shape index (κ1) is 12.0. The third-order valence-corrected chi connectivity index (χ3v) is 3.71. The van der Waals surface area contributed by atoms with E-state index in [1.165, 1.54) is 11.3 Å². The van der Waals surface area contributed by atoms with E-state index in [0.29, 0.717) is 16.2 Å². The number of benzene rings is 2. The van der Waals surface area contributed by atoms with Crippen molar-refractivity contribution in [2.24, 2.45) is 0 Å². The summed E-state index contributed by atoms with van der Waals surface area (Å²) in [6.07, 6.45) is 0. The highest BCUT2D eigenvalue weighted by atomic mass is 32.1. The van der Waals surface area contributed by atoms with Gasteiger partial charge in [0.15, 0.2) is 17.5 Å². The molecule has 2 N–H and O–H groups in total. The zero-order chi connectivity index (χ0) is 13.6. The van der Waals surface area contributed by atoms with Gasteiger partial charge in [0, 0.05) is 11.3 Å². The van der Waals surface area contributed by atoms with Crippen LogP contribution in [0.4, 0.5) is 18.9 Å². The molecule has 0 saturated carbocycles. The standard InChI is InChI=1S/C13H7F3N2S/c14-8-3-6(4-9(15)12(8)16)13-18-10-2-1-7(17)5-11(10)19-13/h1-5H,17H2. The van der Waals surface area contributed by atoms with Crippen molar-refractivity contribution in [3.8, 4) is 10.6 Å². The molecule has 0 atom stereocenters. The molecule has 3 rings (SSSR count). The van der Waals surface area contributed by atoms with Crippen LogP contribution in [0.25, 0.3) is 20.8 Å². The maximum absolute atomic E-state index is 13.2. The van der Waals surface area contributed by atoms with Crippen LogP contribution in [0, 0.1) is 17.5 Å². The van der Waals surface area contributed by atoms with Gasteiger partial charge in [0.1, 0.15) is 5.01 Å². The van der Waals surface area contributed by atoms with Crippen molar-refractivity contribution in [2.75, 3.05) is 5.73 Å². The first-order valence-corrected chi connectivity index (χ1v) is 6.17. The number of fused-ring (bicyclic) bond motifs is 1. The van der Waals surface area contributed by atoms with Gasteiger partial charge in [-0.05, 0) is 30.3 Å². The van der Waals surface area contributed by atoms with Crippen LogP contribution < -0.4 is 5.73 Å². The number of nitrogens with two attached hydrogens (primary N) is 1. The van der Waals surface area contributed by atoms with E-state index in [1.54, 1.807) is 18.2 Å². The second-order valence-electron chi connectivity index (χ2n) is 4.00. The molecule has 0 aliphatic rings. The number of hydrogen-bond acceptors (Lipinski definition) is 3. The van der Waals surface area contributed by atoms with Crippen molar-refractivity contribution in [3.05, 3.63) is 47.8 Å². The first-order valence-electron chi connectivity index (χ1n) is 5.35. The highest BCUT2D eigenvalue weighted by Crippen LogP contribution is 2.32. The van der Waals surface area contributed by atoms with Gasteiger partial charge in [-0.25, -0.2) is 18.2 Å². The minimum atomic E-state index is -1.48. The molecule has 2 aromatic carbocycles. The van der Waals surface area contributed by atoms with E-state index in [0.717, 1.165) is 16.8 Å². The topological polar surface area (TPSA) is 38.9 Å². The minimum absolute atomic E-state index is 0.205. The number of halogens is 3. The molecular weight excluding hydrogens is 273 g/mol. The molecule has 0 spiro atoms. The van der Waals surface area contributed by atoms with E-state index >= 15 is 0 Å². The summed E-state index contributed by atoms with van der Waals surface area (Å²) in [4.78, 5) is 4.24. The molecule has 3 aromatic rings. The zero-order valence-electron chi connectivity index (χ0n) is 9.45. The van der Waals surface area contributed by atoms with Crippen molar-refractivity contribution in [1.29, 1.82) is 0 Å². The molecule has 1 heterocycles. The second-order valence-corrected chi connectivity index (χ2v) is 5.03. The van der Waals surface area contributed by atoms with Crippen molar-refractivity contribution in [1.82, 2.24) is 4.98 Å². The number of hydrogen-bond donors (Lipinski definition) is 1. The normalized spacial score (nSPS) is 11.1. The Morgan fingerprint density at radius 3 is 2.37 bits per heavy atom. The van der Waals surface area contributed by atoms with E-state index in [4.69, 9.17) is 5.73 Å². The molecule has 0 saturated heterocycles. The Hall–Kier alpha value is -2.08. The summed E-state index contributed by atoms with van der Waals surface area (Å²) >= 11 is 1.24. The summed E-state index contributed by atoms with van der Waals surface area (Å²) in [5, 5.41) is 0.415. The fourth-order valence-corrected chi connectivity index (χ4v) is 2.74. The monoisotopic (exact) mass is 280 g/mol. The summed E-state index contributed by atoms with van der Waals surface area (Å²) in [6, 6.07) is 7.00. The highest BCUT2D eigenvalue weighted by molar-refractivity contribution is 7.21. The van der Waals surface area contributed by atoms with Crippen LogP contribution >= 0.6 is 11.3 Å². The quantitative estimate of drug-likeness (QED) is 0.541. The Bertz CT molecular complexity index is 760. The van der Waals surface area contributed by atoms with Gasteiger partial charge in [0.25, 0.3) is 0 Å². The number of anilines is 1. The largest absolute Gasteiger partial charge is 0.399 e. The summed E-state index contributed by atoms with van der Waals surface area (Å²) in [5.74, 6) is -3.93. The molecule has 0 radical (unpaired) electrons. The second kappa shape index (κ2) is 4.24. The lowest BCUT2D eigenvalue weighted by atomic mass is 10.2. The Morgan fingerprint density at radius 2 is 1.68 bits per heavy atom. The number of aromatic nitrogens is 1. The van der Waals surface area contributed by atoms with E-state index in [1.807, 2.05) is 0 Å². The number of thiazole rings is 1. The van der Waals surface area contributed by atoms with Crippen molar-refractivity contribution < 1.29 is 13.2 Å². The van der Waals surface area contributed by atoms with Gasteiger partial charge in [0.2, 0.25) is 0 Å². The van der Waals surface area contributed by atoms with Gasteiger partial charge < -0.3 is 5.73 Å². The average Bonchev–Trinajstić information content (AvgIpc) is 2.78. The molecule has 0 bridgehead atoms. The van der Waals surface area contributed by atoms with Gasteiger partial charge in [-0.3, -0.25) is 0 Å². The van der Waals surface area contributed by atoms with Gasteiger partial charge in [0.05, 0.1) is 10.2 Å². The summed E-state index contributed by atoms with van der Waals surface area (Å²) in [5.41, 5.74) is 7.12. The fraction of sp³-hybridized carbons (Fsp3) is 0. The maximum Gasteiger partial charge on any atom is 0.194 e. The molecule has 2 nitrogen and oxygen atoms in total. The third kappa shape index (κ3) is 2.04. The summed E-state index contributed by atoms with van der Waals surface area (Å²) in [7, 11) is 0. The molecule has 0 aliphatic heterocycles. The average molecular weight is 280 g/mol. The number of nitrogen functional groups attached to an aromatic ring is 1. The van der Waals surface area contributed by atoms with Crippen molar-refractivity contribution >= 4 is 27.2 Å². The van der Waals surface area contributed by atoms with Crippen LogP contribution in [0.15, 0.2) is 30.3 Å². The highest BCUT2D eigenvalue weighted by Gasteiger charge is 2.14. The third-order valence-electron chi connectivity index (χ3n) is 2.64. The Kier molecular flexibility index (Phi) is 2.67. The lowest BCUT2D eigenvalue weighted by molar-refractivity contribution is 0.447. The predicted octanol–water partition coefficient (Wildman–Crippen LogP) is 3.96. The Labute approximate surface area is 110 Å². The molecule has 96 valence electrons. The molecule has 1 aromatic heterocycles. The van der Waals surface area contributed by atoms with E-state index in [9.17, 15) is 13.2 Å². The predicted molar refractivity (Wildman–Crippen MR) is 69.3 cm³/mol. The molecule has 0 unspecified atom stereocenters. The van der Waals surface area contributed by atoms with Crippen LogP contribution in [-0.4, -0.2) is 4.98 Å². The lowest BCUT2D eigenvalue weighted by Crippen LogP contribution is -1.91. The van der Waals surface area contributed by atoms with Gasteiger partial charge in [-0.1, -0.05) is 0 Å². The fourth-order valence-electron chi connectivity index (χ4n) is 1.74. The number of nitrogens with zero attached hydrogens (tertiary/aromatic N) is 1. The maximum atomic E-state index is 13.2. The molecule has 0 fully saturated rings. The lowest BCUT2D eigenvalue weighted by Gasteiger charge is -1.99. The Balaban J connectivity index is 2.19. The van der Waals surface area contributed by atoms with E-state index < -0.39 is 17.5 Å². The van der Waals surface area contributed by atoms with Gasteiger partial charge >= 0.3 is 0 Å². The number of rotatable bonds is 1. The summed E-state index contributed by atoms with van der Waals surface area (Å²) < 4.78 is 40.1. The Morgan fingerprint density at radius 1 is 1.00 bits per heavy atom. The molecular formula is C13H7F3N2S. The first-order chi connectivity index (χ1) is 9.04. The van der Waals surface area contributed by atoms with Gasteiger partial charge in [-0.2, -0.15) is 0 Å². The van der Waals surface area contributed by atoms with E-state index in [-0.39, 0.29) is 5.56 Å². The zero-order valence-corrected chi connectivity index (χ0v) is 10.3. The van der Waals surface area contributed by atoms with Crippen LogP contribution in [-0.2, 0) is 0 Å². The van der Waals surface area contributed by atoms with Crippen molar-refractivity contribution in [3.63, 3.8) is 0 Å². The van der Waals surface area contributed by atoms with Crippen LogP contribution in [0.1, 0.15) is 0 Å². The molecule has 6 heteroatoms.